The van der Waals surface area contributed by atoms with Crippen molar-refractivity contribution in [1.82, 2.24) is 15.2 Å². The number of nitrogens with zero attached hydrogens (tertiary/aromatic N) is 2. The standard InChI is InChI=1S/C15H17N5O6S2/c1-6(21)26-3-7-4-27-13-10(12(23)20(13)11(7)14(24)25)19-9(22)2-17-8-5-28-15(16)18-8/h5,10,13,17H,2-4H2,1H3,(H2,16,18)(H,19,22)(H,24,25)/t10-,13-/m1/s1. The van der Waals surface area contributed by atoms with E-state index >= 15 is 0 Å². The number of β-lactam (4-membered cyclic amide) rings is 1. The van der Waals surface area contributed by atoms with Gasteiger partial charge in [-0.3, -0.25) is 19.3 Å². The number of aliphatic carboxylic acids is 1. The van der Waals surface area contributed by atoms with E-state index in [2.05, 4.69) is 15.6 Å². The molecule has 13 heteroatoms. The minimum Gasteiger partial charge on any atom is -0.477 e. The van der Waals surface area contributed by atoms with Gasteiger partial charge in [-0.25, -0.2) is 9.78 Å². The zero-order chi connectivity index (χ0) is 20.4. The summed E-state index contributed by atoms with van der Waals surface area (Å²) in [7, 11) is 0. The van der Waals surface area contributed by atoms with Gasteiger partial charge in [0.25, 0.3) is 5.91 Å². The molecular formula is C15H17N5O6S2. The van der Waals surface area contributed by atoms with Crippen LogP contribution >= 0.6 is 23.1 Å². The fourth-order valence-corrected chi connectivity index (χ4v) is 4.59. The zero-order valence-corrected chi connectivity index (χ0v) is 16.3. The topological polar surface area (TPSA) is 164 Å². The Kier molecular flexibility index (Phi) is 5.74. The molecule has 2 aliphatic rings. The van der Waals surface area contributed by atoms with Gasteiger partial charge in [-0.2, -0.15) is 0 Å². The van der Waals surface area contributed by atoms with Gasteiger partial charge in [-0.15, -0.1) is 23.1 Å². The van der Waals surface area contributed by atoms with Gasteiger partial charge in [0, 0.05) is 23.6 Å². The molecule has 11 nitrogen and oxygen atoms in total. The van der Waals surface area contributed by atoms with Crippen LogP contribution in [0.1, 0.15) is 6.92 Å². The average molecular weight is 427 g/mol. The van der Waals surface area contributed by atoms with Crippen LogP contribution < -0.4 is 16.4 Å². The number of nitrogens with two attached hydrogens (primary N) is 1. The normalized spacial score (nSPS) is 20.9. The fourth-order valence-electron chi connectivity index (χ4n) is 2.75. The molecule has 0 bridgehead atoms. The Hall–Kier alpha value is -2.80. The summed E-state index contributed by atoms with van der Waals surface area (Å²) in [5, 5.41) is 16.4. The van der Waals surface area contributed by atoms with Gasteiger partial charge in [0.1, 0.15) is 29.5 Å². The van der Waals surface area contributed by atoms with Gasteiger partial charge in [-0.1, -0.05) is 0 Å². The van der Waals surface area contributed by atoms with Crippen molar-refractivity contribution in [3.63, 3.8) is 0 Å². The van der Waals surface area contributed by atoms with Gasteiger partial charge >= 0.3 is 11.9 Å². The van der Waals surface area contributed by atoms with Gasteiger partial charge in [0.15, 0.2) is 5.13 Å². The fraction of sp³-hybridized carbons (Fsp3) is 0.400. The molecule has 2 aliphatic heterocycles. The monoisotopic (exact) mass is 427 g/mol. The molecule has 150 valence electrons. The van der Waals surface area contributed by atoms with Crippen molar-refractivity contribution in [2.24, 2.45) is 0 Å². The number of thioether (sulfide) groups is 1. The van der Waals surface area contributed by atoms with Crippen LogP contribution in [0.3, 0.4) is 0 Å². The maximum absolute atomic E-state index is 12.5. The Morgan fingerprint density at radius 1 is 1.46 bits per heavy atom. The van der Waals surface area contributed by atoms with E-state index in [1.807, 2.05) is 0 Å². The lowest BCUT2D eigenvalue weighted by Gasteiger charge is -2.49. The number of carbonyl (C=O) groups is 4. The van der Waals surface area contributed by atoms with E-state index in [1.165, 1.54) is 30.0 Å². The van der Waals surface area contributed by atoms with Gasteiger partial charge < -0.3 is 26.2 Å². The Balaban J connectivity index is 1.62. The highest BCUT2D eigenvalue weighted by atomic mass is 32.2. The second-order valence-electron chi connectivity index (χ2n) is 5.92. The number of carboxylic acids is 1. The Bertz CT molecular complexity index is 869. The predicted octanol–water partition coefficient (Wildman–Crippen LogP) is -0.561. The Morgan fingerprint density at radius 2 is 2.21 bits per heavy atom. The van der Waals surface area contributed by atoms with Crippen molar-refractivity contribution in [1.29, 1.82) is 0 Å². The largest absolute Gasteiger partial charge is 0.477 e. The molecule has 1 aromatic rings. The van der Waals surface area contributed by atoms with E-state index in [4.69, 9.17) is 10.5 Å². The number of aromatic nitrogens is 1. The number of ether oxygens (including phenoxy) is 1. The number of thiazole rings is 1. The quantitative estimate of drug-likeness (QED) is 0.327. The van der Waals surface area contributed by atoms with E-state index in [9.17, 15) is 24.3 Å². The number of carbonyl (C=O) groups excluding carboxylic acids is 3. The molecule has 1 saturated heterocycles. The third-order valence-corrected chi connectivity index (χ3v) is 5.98. The number of fused-ring (bicyclic) bond motifs is 1. The Morgan fingerprint density at radius 3 is 2.82 bits per heavy atom. The van der Waals surface area contributed by atoms with Crippen LogP contribution in [0.5, 0.6) is 0 Å². The second kappa shape index (κ2) is 8.06. The summed E-state index contributed by atoms with van der Waals surface area (Å²) < 4.78 is 4.87. The summed E-state index contributed by atoms with van der Waals surface area (Å²) in [6.07, 6.45) is 0. The van der Waals surface area contributed by atoms with Crippen molar-refractivity contribution >= 4 is 57.8 Å². The molecule has 0 aliphatic carbocycles. The summed E-state index contributed by atoms with van der Waals surface area (Å²) in [6, 6.07) is -0.829. The minimum absolute atomic E-state index is 0.107. The molecule has 2 amide bonds. The van der Waals surface area contributed by atoms with E-state index < -0.39 is 35.2 Å². The van der Waals surface area contributed by atoms with Gasteiger partial charge in [0.2, 0.25) is 5.91 Å². The van der Waals surface area contributed by atoms with Crippen LogP contribution in [-0.2, 0) is 23.9 Å². The lowest BCUT2D eigenvalue weighted by atomic mass is 10.0. The molecule has 1 aromatic heterocycles. The molecule has 0 spiro atoms. The highest BCUT2D eigenvalue weighted by Crippen LogP contribution is 2.40. The average Bonchev–Trinajstić information content (AvgIpc) is 3.06. The molecule has 5 N–H and O–H groups in total. The first-order valence-electron chi connectivity index (χ1n) is 8.05. The van der Waals surface area contributed by atoms with Crippen molar-refractivity contribution in [3.8, 4) is 0 Å². The molecule has 0 aromatic carbocycles. The third kappa shape index (κ3) is 4.04. The highest BCUT2D eigenvalue weighted by Gasteiger charge is 2.54. The molecule has 3 rings (SSSR count). The van der Waals surface area contributed by atoms with Crippen LogP contribution in [0, 0.1) is 0 Å². The summed E-state index contributed by atoms with van der Waals surface area (Å²) in [4.78, 5) is 52.2. The van der Waals surface area contributed by atoms with Crippen LogP contribution in [0.2, 0.25) is 0 Å². The number of hydrogen-bond acceptors (Lipinski definition) is 10. The van der Waals surface area contributed by atoms with E-state index in [1.54, 1.807) is 5.38 Å². The highest BCUT2D eigenvalue weighted by molar-refractivity contribution is 8.00. The van der Waals surface area contributed by atoms with Crippen LogP contribution in [-0.4, -0.2) is 69.1 Å². The number of carboxylic acid groups (broad SMARTS) is 1. The lowest BCUT2D eigenvalue weighted by Crippen LogP contribution is -2.71. The van der Waals surface area contributed by atoms with Crippen LogP contribution in [0.4, 0.5) is 10.9 Å². The molecule has 0 unspecified atom stereocenters. The Labute approximate surface area is 167 Å². The molecule has 0 saturated carbocycles. The van der Waals surface area contributed by atoms with E-state index in [-0.39, 0.29) is 24.6 Å². The maximum Gasteiger partial charge on any atom is 0.352 e. The number of esters is 1. The van der Waals surface area contributed by atoms with Crippen molar-refractivity contribution in [2.45, 2.75) is 18.3 Å². The summed E-state index contributed by atoms with van der Waals surface area (Å²) >= 11 is 2.52. The molecule has 0 radical (unpaired) electrons. The molecule has 28 heavy (non-hydrogen) atoms. The first-order chi connectivity index (χ1) is 13.3. The lowest BCUT2D eigenvalue weighted by molar-refractivity contribution is -0.150. The zero-order valence-electron chi connectivity index (χ0n) is 14.6. The third-order valence-electron chi connectivity index (χ3n) is 3.97. The van der Waals surface area contributed by atoms with Crippen molar-refractivity contribution < 1.29 is 29.0 Å². The van der Waals surface area contributed by atoms with Crippen molar-refractivity contribution in [3.05, 3.63) is 16.7 Å². The van der Waals surface area contributed by atoms with Crippen LogP contribution in [0.15, 0.2) is 16.7 Å². The number of nitrogens with one attached hydrogen (secondary N) is 2. The molecule has 3 heterocycles. The SMILES string of the molecule is CC(=O)OCC1=C(C(=O)O)N2C(=O)[C@@H](NC(=O)CNc3csc(N)n3)[C@H]2SC1. The van der Waals surface area contributed by atoms with Gasteiger partial charge in [0.05, 0.1) is 6.54 Å². The number of anilines is 2. The molecule has 1 fully saturated rings. The van der Waals surface area contributed by atoms with Crippen LogP contribution in [0.25, 0.3) is 0 Å². The van der Waals surface area contributed by atoms with Crippen molar-refractivity contribution in [2.75, 3.05) is 30.0 Å². The summed E-state index contributed by atoms with van der Waals surface area (Å²) in [5.74, 6) is -2.06. The van der Waals surface area contributed by atoms with Gasteiger partial charge in [-0.05, 0) is 0 Å². The minimum atomic E-state index is -1.28. The number of nitrogen functional groups attached to an aromatic ring is 1. The predicted molar refractivity (Wildman–Crippen MR) is 101 cm³/mol. The van der Waals surface area contributed by atoms with E-state index in [0.29, 0.717) is 16.5 Å². The summed E-state index contributed by atoms with van der Waals surface area (Å²) in [6.45, 7) is 0.913. The number of amides is 2. The smallest absolute Gasteiger partial charge is 0.352 e. The summed E-state index contributed by atoms with van der Waals surface area (Å²) in [5.41, 5.74) is 5.65. The molecular weight excluding hydrogens is 410 g/mol. The first-order valence-corrected chi connectivity index (χ1v) is 9.98. The van der Waals surface area contributed by atoms with E-state index in [0.717, 1.165) is 4.90 Å². The number of hydrogen-bond donors (Lipinski definition) is 4. The maximum atomic E-state index is 12.5. The number of rotatable bonds is 7. The second-order valence-corrected chi connectivity index (χ2v) is 7.91. The molecule has 2 atom stereocenters. The first kappa shape index (κ1) is 19.9.